The van der Waals surface area contributed by atoms with Crippen LogP contribution in [0.5, 0.6) is 11.5 Å². The van der Waals surface area contributed by atoms with E-state index in [4.69, 9.17) is 33.0 Å². The number of aromatic hydroxyl groups is 1. The molecule has 2 N–H and O–H groups in total. The molecule has 2 aliphatic carbocycles. The molecule has 2 aliphatic heterocycles. The molecule has 248 valence electrons. The number of carboxylic acids is 1. The maximum Gasteiger partial charge on any atom is 0.303 e. The zero-order chi connectivity index (χ0) is 34.0. The SMILES string of the molecule is COc1cc([C@H]2C3=CC[C@@H]4C(=O)N(CCCCCC(=O)O)C(=O)[C@@H]4[C@@H]3C[C@@]3(Cl)C(=O)N(c4ccc(F)cc4)C(=O)[C@@]23Cl)cc(Br)c1O. The highest BCUT2D eigenvalue weighted by atomic mass is 79.9. The number of hydrogen-bond acceptors (Lipinski definition) is 7. The number of methoxy groups -OCH3 is 1. The summed E-state index contributed by atoms with van der Waals surface area (Å²) in [4.78, 5) is 65.0. The monoisotopic (exact) mass is 750 g/mol. The average Bonchev–Trinajstić information content (AvgIpc) is 3.36. The Bertz CT molecular complexity index is 1740. The minimum absolute atomic E-state index is 0.0122. The summed E-state index contributed by atoms with van der Waals surface area (Å²) in [5, 5.41) is 19.5. The second-order valence-electron chi connectivity index (χ2n) is 12.3. The number of likely N-dealkylation sites (tertiary alicyclic amines) is 1. The van der Waals surface area contributed by atoms with Gasteiger partial charge in [0.05, 0.1) is 29.1 Å². The smallest absolute Gasteiger partial charge is 0.303 e. The van der Waals surface area contributed by atoms with Gasteiger partial charge in [-0.25, -0.2) is 9.29 Å². The molecule has 14 heteroatoms. The number of carboxylic acid groups (broad SMARTS) is 1. The van der Waals surface area contributed by atoms with Crippen LogP contribution < -0.4 is 9.64 Å². The molecule has 0 unspecified atom stereocenters. The molecule has 2 saturated heterocycles. The molecule has 1 saturated carbocycles. The van der Waals surface area contributed by atoms with Crippen molar-refractivity contribution < 1.29 is 43.3 Å². The van der Waals surface area contributed by atoms with Crippen molar-refractivity contribution in [3.05, 3.63) is 63.9 Å². The standard InChI is InChI=1S/C33H30BrCl2FN2O8/c1-47-23-14-16(13-22(34)27(23)42)26-19-10-11-20-25(29(44)38(28(20)43)12-4-2-3-5-24(40)41)21(19)15-32(35)30(45)39(31(46)33(26,32)36)18-8-6-17(37)7-9-18/h6-10,13-14,20-21,25-26,42H,2-5,11-12,15H2,1H3,(H,40,41)/t20-,21+,25-,26-,32+,33-/m0/s1. The highest BCUT2D eigenvalue weighted by Gasteiger charge is 2.76. The topological polar surface area (TPSA) is 142 Å². The molecule has 0 aromatic heterocycles. The maximum atomic E-state index is 14.4. The van der Waals surface area contributed by atoms with Crippen molar-refractivity contribution in [2.45, 2.75) is 54.2 Å². The molecular formula is C33H30BrCl2FN2O8. The van der Waals surface area contributed by atoms with E-state index in [1.807, 2.05) is 0 Å². The number of nitrogens with zero attached hydrogens (tertiary/aromatic N) is 2. The number of benzene rings is 2. The van der Waals surface area contributed by atoms with Gasteiger partial charge in [-0.05, 0) is 89.5 Å². The number of unbranched alkanes of at least 4 members (excludes halogenated alkanes) is 2. The van der Waals surface area contributed by atoms with Gasteiger partial charge < -0.3 is 14.9 Å². The summed E-state index contributed by atoms with van der Waals surface area (Å²) in [7, 11) is 1.35. The van der Waals surface area contributed by atoms with E-state index in [1.165, 1.54) is 30.2 Å². The first-order valence-electron chi connectivity index (χ1n) is 15.1. The first-order valence-corrected chi connectivity index (χ1v) is 16.7. The van der Waals surface area contributed by atoms with Crippen LogP contribution in [0.4, 0.5) is 10.1 Å². The number of allylic oxidation sites excluding steroid dienone is 2. The van der Waals surface area contributed by atoms with Gasteiger partial charge in [0.15, 0.2) is 21.2 Å². The van der Waals surface area contributed by atoms with Crippen molar-refractivity contribution in [3.63, 3.8) is 0 Å². The number of ether oxygens (including phenoxy) is 1. The number of phenols is 1. The van der Waals surface area contributed by atoms with Crippen LogP contribution in [0.3, 0.4) is 0 Å². The number of halogens is 4. The average molecular weight is 752 g/mol. The van der Waals surface area contributed by atoms with E-state index >= 15 is 0 Å². The van der Waals surface area contributed by atoms with Crippen LogP contribution in [0.25, 0.3) is 0 Å². The van der Waals surface area contributed by atoms with Gasteiger partial charge in [-0.1, -0.05) is 18.1 Å². The van der Waals surface area contributed by atoms with Gasteiger partial charge in [-0.15, -0.1) is 23.2 Å². The number of alkyl halides is 2. The third-order valence-corrected chi connectivity index (χ3v) is 11.9. The molecule has 4 aliphatic rings. The lowest BCUT2D eigenvalue weighted by Gasteiger charge is -2.50. The van der Waals surface area contributed by atoms with Gasteiger partial charge in [0, 0.05) is 18.9 Å². The number of amides is 4. The van der Waals surface area contributed by atoms with Gasteiger partial charge in [0.25, 0.3) is 11.8 Å². The zero-order valence-electron chi connectivity index (χ0n) is 25.1. The molecule has 3 fully saturated rings. The molecule has 0 bridgehead atoms. The van der Waals surface area contributed by atoms with Crippen molar-refractivity contribution in [2.24, 2.45) is 17.8 Å². The molecule has 6 rings (SSSR count). The predicted octanol–water partition coefficient (Wildman–Crippen LogP) is 5.51. The number of fused-ring (bicyclic) bond motifs is 4. The Hall–Kier alpha value is -3.48. The van der Waals surface area contributed by atoms with Crippen molar-refractivity contribution >= 4 is 74.4 Å². The van der Waals surface area contributed by atoms with E-state index in [2.05, 4.69) is 15.9 Å². The first-order chi connectivity index (χ1) is 22.3. The number of phenolic OH excluding ortho intramolecular Hbond substituents is 1. The summed E-state index contributed by atoms with van der Waals surface area (Å²) in [5.41, 5.74) is 0.994. The fourth-order valence-electron chi connectivity index (χ4n) is 7.70. The molecule has 2 aromatic rings. The summed E-state index contributed by atoms with van der Waals surface area (Å²) < 4.78 is 19.4. The normalized spacial score (nSPS) is 29.9. The highest BCUT2D eigenvalue weighted by molar-refractivity contribution is 9.10. The Kier molecular flexibility index (Phi) is 8.67. The lowest BCUT2D eigenvalue weighted by atomic mass is 9.56. The Morgan fingerprint density at radius 2 is 1.74 bits per heavy atom. The number of carbonyl (C=O) groups is 5. The van der Waals surface area contributed by atoms with E-state index in [-0.39, 0.29) is 53.4 Å². The number of anilines is 1. The summed E-state index contributed by atoms with van der Waals surface area (Å²) in [5.74, 6) is -7.59. The van der Waals surface area contributed by atoms with E-state index in [0.29, 0.717) is 30.4 Å². The molecule has 47 heavy (non-hydrogen) atoms. The van der Waals surface area contributed by atoms with Gasteiger partial charge in [0.2, 0.25) is 11.8 Å². The van der Waals surface area contributed by atoms with Crippen LogP contribution in [0, 0.1) is 23.6 Å². The van der Waals surface area contributed by atoms with Crippen molar-refractivity contribution in [1.82, 2.24) is 4.90 Å². The van der Waals surface area contributed by atoms with Gasteiger partial charge in [-0.2, -0.15) is 0 Å². The minimum Gasteiger partial charge on any atom is -0.503 e. The van der Waals surface area contributed by atoms with Crippen molar-refractivity contribution in [2.75, 3.05) is 18.6 Å². The van der Waals surface area contributed by atoms with E-state index < -0.39 is 62.9 Å². The van der Waals surface area contributed by atoms with Gasteiger partial charge in [0.1, 0.15) is 5.82 Å². The fraction of sp³-hybridized carbons (Fsp3) is 0.424. The second-order valence-corrected chi connectivity index (χ2v) is 14.4. The van der Waals surface area contributed by atoms with E-state index in [1.54, 1.807) is 12.1 Å². The summed E-state index contributed by atoms with van der Waals surface area (Å²) in [6.07, 6.45) is 3.09. The fourth-order valence-corrected chi connectivity index (χ4v) is 9.09. The van der Waals surface area contributed by atoms with Crippen molar-refractivity contribution in [3.8, 4) is 11.5 Å². The molecule has 4 amide bonds. The lowest BCUT2D eigenvalue weighted by molar-refractivity contribution is -0.141. The molecule has 10 nitrogen and oxygen atoms in total. The Labute approximate surface area is 287 Å². The molecule has 2 heterocycles. The van der Waals surface area contributed by atoms with Crippen LogP contribution in [0.1, 0.15) is 50.0 Å². The lowest BCUT2D eigenvalue weighted by Crippen LogP contribution is -2.60. The summed E-state index contributed by atoms with van der Waals surface area (Å²) in [6.45, 7) is 0.124. The van der Waals surface area contributed by atoms with Crippen LogP contribution >= 0.6 is 39.1 Å². The van der Waals surface area contributed by atoms with Crippen LogP contribution in [0.2, 0.25) is 0 Å². The predicted molar refractivity (Wildman–Crippen MR) is 172 cm³/mol. The number of aliphatic carboxylic acids is 1. The van der Waals surface area contributed by atoms with Gasteiger partial charge >= 0.3 is 5.97 Å². The first kappa shape index (κ1) is 33.4. The number of hydrogen-bond donors (Lipinski definition) is 2. The number of imide groups is 2. The molecular weight excluding hydrogens is 722 g/mol. The third kappa shape index (κ3) is 5.05. The van der Waals surface area contributed by atoms with Crippen LogP contribution in [-0.2, 0) is 24.0 Å². The van der Waals surface area contributed by atoms with Crippen LogP contribution in [-0.4, -0.2) is 68.1 Å². The Morgan fingerprint density at radius 3 is 2.40 bits per heavy atom. The van der Waals surface area contributed by atoms with Gasteiger partial charge in [-0.3, -0.25) is 28.9 Å². The Balaban J connectivity index is 1.45. The largest absolute Gasteiger partial charge is 0.503 e. The zero-order valence-corrected chi connectivity index (χ0v) is 28.1. The third-order valence-electron chi connectivity index (χ3n) is 9.86. The summed E-state index contributed by atoms with van der Waals surface area (Å²) in [6, 6.07) is 7.78. The van der Waals surface area contributed by atoms with Crippen molar-refractivity contribution in [1.29, 1.82) is 0 Å². The number of carbonyl (C=O) groups excluding carboxylic acids is 4. The minimum atomic E-state index is -2.13. The second kappa shape index (κ2) is 12.2. The number of rotatable bonds is 9. The Morgan fingerprint density at radius 1 is 1.04 bits per heavy atom. The van der Waals surface area contributed by atoms with Crippen LogP contribution in [0.15, 0.2) is 52.5 Å². The van der Waals surface area contributed by atoms with E-state index in [0.717, 1.165) is 17.0 Å². The molecule has 2 aromatic carbocycles. The quantitative estimate of drug-likeness (QED) is 0.148. The van der Waals surface area contributed by atoms with E-state index in [9.17, 15) is 33.5 Å². The summed E-state index contributed by atoms with van der Waals surface area (Å²) >= 11 is 18.1. The highest BCUT2D eigenvalue weighted by Crippen LogP contribution is 2.66. The maximum absolute atomic E-state index is 14.4. The molecule has 0 radical (unpaired) electrons. The molecule has 0 spiro atoms. The molecule has 6 atom stereocenters.